The molecule has 1 N–H and O–H groups in total. The van der Waals surface area contributed by atoms with Gasteiger partial charge < -0.3 is 14.8 Å². The number of rotatable bonds is 8. The quantitative estimate of drug-likeness (QED) is 0.260. The largest absolute Gasteiger partial charge is 0.478 e. The van der Waals surface area contributed by atoms with Crippen molar-refractivity contribution in [2.24, 2.45) is 10.5 Å². The number of hydrogen-bond acceptors (Lipinski definition) is 5. The minimum absolute atomic E-state index is 0.0781. The van der Waals surface area contributed by atoms with Crippen molar-refractivity contribution in [1.29, 1.82) is 0 Å². The second-order valence-corrected chi connectivity index (χ2v) is 5.91. The lowest BCUT2D eigenvalue weighted by molar-refractivity contribution is -0.123. The van der Waals surface area contributed by atoms with E-state index in [1.54, 1.807) is 32.9 Å². The summed E-state index contributed by atoms with van der Waals surface area (Å²) in [6, 6.07) is 3.32. The Morgan fingerprint density at radius 2 is 2.22 bits per heavy atom. The van der Waals surface area contributed by atoms with Crippen LogP contribution in [0.3, 0.4) is 0 Å². The van der Waals surface area contributed by atoms with Crippen molar-refractivity contribution in [2.75, 3.05) is 11.9 Å². The Balaban J connectivity index is 2.93. The van der Waals surface area contributed by atoms with Crippen molar-refractivity contribution in [2.45, 2.75) is 40.2 Å². The fourth-order valence-electron chi connectivity index (χ4n) is 1.53. The summed E-state index contributed by atoms with van der Waals surface area (Å²) in [7, 11) is 0. The number of amides is 1. The van der Waals surface area contributed by atoms with E-state index in [-0.39, 0.29) is 12.5 Å². The van der Waals surface area contributed by atoms with Gasteiger partial charge in [0.25, 0.3) is 0 Å². The average Bonchev–Trinajstić information content (AvgIpc) is 2.50. The third-order valence-electron chi connectivity index (χ3n) is 2.89. The summed E-state index contributed by atoms with van der Waals surface area (Å²) in [6.45, 7) is 5.79. The Hall–Kier alpha value is -2.60. The van der Waals surface area contributed by atoms with E-state index in [4.69, 9.17) is 10.3 Å². The molecule has 0 saturated carbocycles. The van der Waals surface area contributed by atoms with Crippen LogP contribution in [-0.4, -0.2) is 23.8 Å². The van der Waals surface area contributed by atoms with Crippen LogP contribution >= 0.6 is 0 Å². The summed E-state index contributed by atoms with van der Waals surface area (Å²) in [5.74, 6) is 0.445. The van der Waals surface area contributed by atoms with Crippen molar-refractivity contribution >= 4 is 18.0 Å². The minimum atomic E-state index is -0.585. The van der Waals surface area contributed by atoms with Crippen molar-refractivity contribution in [1.82, 2.24) is 4.98 Å². The molecule has 23 heavy (non-hydrogen) atoms. The molecule has 0 saturated heterocycles. The van der Waals surface area contributed by atoms with Gasteiger partial charge in [-0.2, -0.15) is 4.98 Å². The van der Waals surface area contributed by atoms with Crippen LogP contribution in [-0.2, 0) is 16.1 Å². The Kier molecular flexibility index (Phi) is 7.02. The fraction of sp³-hybridized carbons (Fsp3) is 0.533. The molecule has 1 rings (SSSR count). The summed E-state index contributed by atoms with van der Waals surface area (Å²) in [5, 5.41) is 6.23. The maximum atomic E-state index is 12.1. The molecule has 0 aliphatic rings. The highest BCUT2D eigenvalue weighted by Gasteiger charge is 2.22. The zero-order chi connectivity index (χ0) is 17.3. The van der Waals surface area contributed by atoms with Gasteiger partial charge in [-0.15, -0.1) is 0 Å². The van der Waals surface area contributed by atoms with E-state index < -0.39 is 5.41 Å². The lowest BCUT2D eigenvalue weighted by Gasteiger charge is -2.19. The van der Waals surface area contributed by atoms with E-state index in [0.717, 1.165) is 6.29 Å². The number of azide groups is 1. The molecule has 0 unspecified atom stereocenters. The number of ether oxygens (including phenoxy) is 1. The number of carbonyl (C=O) groups is 2. The summed E-state index contributed by atoms with van der Waals surface area (Å²) < 4.78 is 5.45. The first kappa shape index (κ1) is 18.4. The first-order valence-electron chi connectivity index (χ1n) is 7.27. The monoisotopic (exact) mass is 319 g/mol. The summed E-state index contributed by atoms with van der Waals surface area (Å²) in [5.41, 5.74) is 8.46. The van der Waals surface area contributed by atoms with Gasteiger partial charge in [-0.25, -0.2) is 0 Å². The Labute approximate surface area is 134 Å². The number of pyridine rings is 1. The second-order valence-electron chi connectivity index (χ2n) is 5.91. The van der Waals surface area contributed by atoms with E-state index in [2.05, 4.69) is 20.3 Å². The van der Waals surface area contributed by atoms with Crippen LogP contribution in [0.1, 0.15) is 39.2 Å². The number of carbonyl (C=O) groups excluding carboxylic acids is 2. The van der Waals surface area contributed by atoms with Crippen molar-refractivity contribution in [3.8, 4) is 5.88 Å². The third kappa shape index (κ3) is 6.36. The number of aldehydes is 1. The van der Waals surface area contributed by atoms with E-state index in [1.165, 1.54) is 0 Å². The minimum Gasteiger partial charge on any atom is -0.478 e. The molecule has 0 aliphatic heterocycles. The molecule has 0 spiro atoms. The van der Waals surface area contributed by atoms with Crippen LogP contribution < -0.4 is 10.1 Å². The highest BCUT2D eigenvalue weighted by molar-refractivity contribution is 5.94. The summed E-state index contributed by atoms with van der Waals surface area (Å²) >= 11 is 0. The highest BCUT2D eigenvalue weighted by Crippen LogP contribution is 2.22. The molecule has 0 aromatic carbocycles. The van der Waals surface area contributed by atoms with Gasteiger partial charge >= 0.3 is 0 Å². The standard InChI is InChI=1S/C15H21N5O3/c1-15(2,3)14(22)19-13-11(10-17-20-16)6-7-12(18-13)23-9-5-4-8-21/h6-8H,4-5,9-10H2,1-3H3,(H,18,19,22). The Morgan fingerprint density at radius 1 is 1.48 bits per heavy atom. The van der Waals surface area contributed by atoms with E-state index >= 15 is 0 Å². The molecule has 0 bridgehead atoms. The molecule has 1 amide bonds. The Bertz CT molecular complexity index is 604. The first-order valence-corrected chi connectivity index (χ1v) is 7.27. The molecule has 0 fully saturated rings. The number of nitrogens with one attached hydrogen (secondary N) is 1. The topological polar surface area (TPSA) is 117 Å². The maximum Gasteiger partial charge on any atom is 0.230 e. The summed E-state index contributed by atoms with van der Waals surface area (Å²) in [6.07, 6.45) is 1.84. The molecule has 0 aliphatic carbocycles. The molecular weight excluding hydrogens is 298 g/mol. The molecule has 0 atom stereocenters. The van der Waals surface area contributed by atoms with Crippen LogP contribution in [0.25, 0.3) is 10.4 Å². The lowest BCUT2D eigenvalue weighted by Crippen LogP contribution is -2.28. The van der Waals surface area contributed by atoms with Crippen LogP contribution in [0.2, 0.25) is 0 Å². The molecule has 1 aromatic heterocycles. The van der Waals surface area contributed by atoms with Crippen molar-refractivity contribution < 1.29 is 14.3 Å². The molecule has 1 heterocycles. The molecule has 8 nitrogen and oxygen atoms in total. The predicted octanol–water partition coefficient (Wildman–Crippen LogP) is 3.23. The van der Waals surface area contributed by atoms with Gasteiger partial charge in [0.2, 0.25) is 11.8 Å². The SMILES string of the molecule is CC(C)(C)C(=O)Nc1nc(OCCCC=O)ccc1CN=[N+]=[N-]. The molecule has 1 aromatic rings. The number of nitrogens with zero attached hydrogens (tertiary/aromatic N) is 4. The highest BCUT2D eigenvalue weighted by atomic mass is 16.5. The molecular formula is C15H21N5O3. The van der Waals surface area contributed by atoms with Crippen LogP contribution in [0.15, 0.2) is 17.2 Å². The fourth-order valence-corrected chi connectivity index (χ4v) is 1.53. The Morgan fingerprint density at radius 3 is 2.83 bits per heavy atom. The van der Waals surface area contributed by atoms with Gasteiger partial charge in [0.15, 0.2) is 0 Å². The van der Waals surface area contributed by atoms with Crippen LogP contribution in [0.5, 0.6) is 5.88 Å². The maximum absolute atomic E-state index is 12.1. The van der Waals surface area contributed by atoms with Crippen LogP contribution in [0.4, 0.5) is 5.82 Å². The van der Waals surface area contributed by atoms with E-state index in [9.17, 15) is 9.59 Å². The number of hydrogen-bond donors (Lipinski definition) is 1. The second kappa shape index (κ2) is 8.75. The average molecular weight is 319 g/mol. The zero-order valence-corrected chi connectivity index (χ0v) is 13.6. The summed E-state index contributed by atoms with van der Waals surface area (Å²) in [4.78, 5) is 29.4. The third-order valence-corrected chi connectivity index (χ3v) is 2.89. The van der Waals surface area contributed by atoms with Crippen LogP contribution in [0, 0.1) is 5.41 Å². The molecule has 124 valence electrons. The zero-order valence-electron chi connectivity index (χ0n) is 13.6. The van der Waals surface area contributed by atoms with Crippen molar-refractivity contribution in [3.63, 3.8) is 0 Å². The lowest BCUT2D eigenvalue weighted by atomic mass is 9.95. The molecule has 0 radical (unpaired) electrons. The number of anilines is 1. The predicted molar refractivity (Wildman–Crippen MR) is 86.0 cm³/mol. The van der Waals surface area contributed by atoms with Gasteiger partial charge in [-0.1, -0.05) is 25.9 Å². The van der Waals surface area contributed by atoms with Crippen molar-refractivity contribution in [3.05, 3.63) is 28.1 Å². The first-order chi connectivity index (χ1) is 10.9. The van der Waals surface area contributed by atoms with Gasteiger partial charge in [-0.3, -0.25) is 4.79 Å². The smallest absolute Gasteiger partial charge is 0.230 e. The van der Waals surface area contributed by atoms with Gasteiger partial charge in [0.1, 0.15) is 12.1 Å². The number of unbranched alkanes of at least 4 members (excludes halogenated alkanes) is 1. The van der Waals surface area contributed by atoms with E-state index in [1.807, 2.05) is 0 Å². The number of aromatic nitrogens is 1. The van der Waals surface area contributed by atoms with Gasteiger partial charge in [0.05, 0.1) is 13.2 Å². The van der Waals surface area contributed by atoms with Gasteiger partial charge in [0, 0.05) is 28.4 Å². The normalized spacial score (nSPS) is 10.6. The van der Waals surface area contributed by atoms with E-state index in [0.29, 0.717) is 36.7 Å². The van der Waals surface area contributed by atoms with Gasteiger partial charge in [-0.05, 0) is 18.0 Å². The molecule has 8 heteroatoms.